The van der Waals surface area contributed by atoms with Crippen LogP contribution in [0.3, 0.4) is 0 Å². The quantitative estimate of drug-likeness (QED) is 0.810. The Balaban J connectivity index is 2.17. The third-order valence-electron chi connectivity index (χ3n) is 4.13. The van der Waals surface area contributed by atoms with Crippen molar-refractivity contribution in [2.45, 2.75) is 43.9 Å². The summed E-state index contributed by atoms with van der Waals surface area (Å²) in [6.07, 6.45) is 5.58. The van der Waals surface area contributed by atoms with Gasteiger partial charge in [0.05, 0.1) is 15.7 Å². The molecular weight excluding hydrogens is 331 g/mol. The number of nitrogens with one attached hydrogen (secondary N) is 1. The number of hydrogen-bond donors (Lipinski definition) is 2. The van der Waals surface area contributed by atoms with Gasteiger partial charge in [-0.1, -0.05) is 49.4 Å². The molecular formula is C14H20Cl2N2O2S. The standard InChI is InChI=1S/C14H20Cl2N2O2S/c1-14(7-3-2-4-8-14)9-18-21(19,20)11-6-5-10(15)13(17)12(11)16/h5-6,18H,2-4,7-9,17H2,1H3. The first kappa shape index (κ1) is 16.9. The van der Waals surface area contributed by atoms with Crippen LogP contribution in [0, 0.1) is 5.41 Å². The number of nitrogens with two attached hydrogens (primary N) is 1. The first-order chi connectivity index (χ1) is 9.75. The second-order valence-corrected chi connectivity index (χ2v) is 8.49. The Hall–Kier alpha value is -0.490. The maximum atomic E-state index is 12.4. The zero-order chi connectivity index (χ0) is 15.7. The van der Waals surface area contributed by atoms with Gasteiger partial charge in [-0.2, -0.15) is 0 Å². The minimum absolute atomic E-state index is 0.00969. The van der Waals surface area contributed by atoms with Gasteiger partial charge in [-0.05, 0) is 30.4 Å². The maximum Gasteiger partial charge on any atom is 0.242 e. The molecule has 0 aliphatic heterocycles. The predicted molar refractivity (Wildman–Crippen MR) is 87.3 cm³/mol. The summed E-state index contributed by atoms with van der Waals surface area (Å²) in [7, 11) is -3.69. The molecule has 1 aromatic rings. The molecule has 0 unspecified atom stereocenters. The first-order valence-corrected chi connectivity index (χ1v) is 9.22. The van der Waals surface area contributed by atoms with Crippen molar-refractivity contribution < 1.29 is 8.42 Å². The fourth-order valence-corrected chi connectivity index (χ4v) is 4.65. The third-order valence-corrected chi connectivity index (χ3v) is 6.42. The summed E-state index contributed by atoms with van der Waals surface area (Å²) in [5.74, 6) is 0. The second kappa shape index (κ2) is 6.32. The molecule has 0 atom stereocenters. The van der Waals surface area contributed by atoms with Crippen molar-refractivity contribution in [1.29, 1.82) is 0 Å². The number of benzene rings is 1. The van der Waals surface area contributed by atoms with Gasteiger partial charge >= 0.3 is 0 Å². The number of hydrogen-bond acceptors (Lipinski definition) is 3. The van der Waals surface area contributed by atoms with Gasteiger partial charge in [-0.15, -0.1) is 0 Å². The Labute approximate surface area is 136 Å². The lowest BCUT2D eigenvalue weighted by molar-refractivity contribution is 0.219. The molecule has 1 aliphatic carbocycles. The fourth-order valence-electron chi connectivity index (χ4n) is 2.69. The minimum Gasteiger partial charge on any atom is -0.396 e. The molecule has 4 nitrogen and oxygen atoms in total. The van der Waals surface area contributed by atoms with E-state index in [2.05, 4.69) is 11.6 Å². The van der Waals surface area contributed by atoms with Crippen molar-refractivity contribution in [3.05, 3.63) is 22.2 Å². The van der Waals surface area contributed by atoms with Crippen LogP contribution in [0.4, 0.5) is 5.69 Å². The lowest BCUT2D eigenvalue weighted by Gasteiger charge is -2.33. The van der Waals surface area contributed by atoms with Gasteiger partial charge in [0.15, 0.2) is 0 Å². The molecule has 0 radical (unpaired) electrons. The summed E-state index contributed by atoms with van der Waals surface area (Å²) >= 11 is 11.8. The van der Waals surface area contributed by atoms with E-state index in [1.165, 1.54) is 18.6 Å². The molecule has 2 rings (SSSR count). The minimum atomic E-state index is -3.69. The lowest BCUT2D eigenvalue weighted by Crippen LogP contribution is -2.37. The van der Waals surface area contributed by atoms with Crippen LogP contribution in [0.15, 0.2) is 17.0 Å². The SMILES string of the molecule is CC1(CNS(=O)(=O)c2ccc(Cl)c(N)c2Cl)CCCCC1. The van der Waals surface area contributed by atoms with Gasteiger partial charge in [-0.25, -0.2) is 13.1 Å². The number of rotatable bonds is 4. The van der Waals surface area contributed by atoms with Crippen LogP contribution in [-0.2, 0) is 10.0 Å². The molecule has 0 heterocycles. The van der Waals surface area contributed by atoms with Crippen LogP contribution in [0.1, 0.15) is 39.0 Å². The summed E-state index contributed by atoms with van der Waals surface area (Å²) < 4.78 is 27.5. The molecule has 3 N–H and O–H groups in total. The monoisotopic (exact) mass is 350 g/mol. The number of anilines is 1. The van der Waals surface area contributed by atoms with Crippen molar-refractivity contribution in [2.75, 3.05) is 12.3 Å². The summed E-state index contributed by atoms with van der Waals surface area (Å²) in [5.41, 5.74) is 5.79. The van der Waals surface area contributed by atoms with Gasteiger partial charge in [0, 0.05) is 6.54 Å². The summed E-state index contributed by atoms with van der Waals surface area (Å²) in [5, 5.41) is 0.224. The van der Waals surface area contributed by atoms with Crippen LogP contribution >= 0.6 is 23.2 Å². The van der Waals surface area contributed by atoms with E-state index in [0.717, 1.165) is 25.7 Å². The molecule has 1 fully saturated rings. The Morgan fingerprint density at radius 2 is 1.86 bits per heavy atom. The highest BCUT2D eigenvalue weighted by Gasteiger charge is 2.29. The van der Waals surface area contributed by atoms with Crippen molar-refractivity contribution in [3.8, 4) is 0 Å². The number of nitrogen functional groups attached to an aromatic ring is 1. The topological polar surface area (TPSA) is 72.2 Å². The van der Waals surface area contributed by atoms with E-state index in [1.807, 2.05) is 0 Å². The fraction of sp³-hybridized carbons (Fsp3) is 0.571. The molecule has 7 heteroatoms. The normalized spacial score (nSPS) is 18.6. The molecule has 0 saturated heterocycles. The largest absolute Gasteiger partial charge is 0.396 e. The van der Waals surface area contributed by atoms with E-state index < -0.39 is 10.0 Å². The molecule has 1 aromatic carbocycles. The third kappa shape index (κ3) is 3.83. The van der Waals surface area contributed by atoms with Gasteiger partial charge in [0.1, 0.15) is 4.90 Å². The number of halogens is 2. The molecule has 0 bridgehead atoms. The Kier molecular flexibility index (Phi) is 5.08. The van der Waals surface area contributed by atoms with E-state index >= 15 is 0 Å². The van der Waals surface area contributed by atoms with E-state index in [0.29, 0.717) is 6.54 Å². The van der Waals surface area contributed by atoms with Crippen molar-refractivity contribution in [1.82, 2.24) is 4.72 Å². The predicted octanol–water partition coefficient (Wildman–Crippen LogP) is 3.82. The van der Waals surface area contributed by atoms with E-state index in [1.54, 1.807) is 0 Å². The Morgan fingerprint density at radius 1 is 1.24 bits per heavy atom. The average Bonchev–Trinajstić information content (AvgIpc) is 2.44. The van der Waals surface area contributed by atoms with E-state index in [-0.39, 0.29) is 26.0 Å². The van der Waals surface area contributed by atoms with Gasteiger partial charge in [0.25, 0.3) is 0 Å². The Bertz CT molecular complexity index is 626. The lowest BCUT2D eigenvalue weighted by atomic mass is 9.76. The average molecular weight is 351 g/mol. The maximum absolute atomic E-state index is 12.4. The van der Waals surface area contributed by atoms with E-state index in [4.69, 9.17) is 28.9 Å². The van der Waals surface area contributed by atoms with Crippen molar-refractivity contribution >= 4 is 38.9 Å². The van der Waals surface area contributed by atoms with E-state index in [9.17, 15) is 8.42 Å². The molecule has 1 aliphatic rings. The van der Waals surface area contributed by atoms with Crippen LogP contribution in [-0.4, -0.2) is 15.0 Å². The highest BCUT2D eigenvalue weighted by molar-refractivity contribution is 7.89. The molecule has 0 amide bonds. The molecule has 21 heavy (non-hydrogen) atoms. The summed E-state index contributed by atoms with van der Waals surface area (Å²) in [6.45, 7) is 2.53. The summed E-state index contributed by atoms with van der Waals surface area (Å²) in [6, 6.07) is 2.83. The Morgan fingerprint density at radius 3 is 2.48 bits per heavy atom. The summed E-state index contributed by atoms with van der Waals surface area (Å²) in [4.78, 5) is -0.0227. The van der Waals surface area contributed by atoms with Gasteiger partial charge in [0.2, 0.25) is 10.0 Å². The highest BCUT2D eigenvalue weighted by atomic mass is 35.5. The molecule has 0 spiro atoms. The van der Waals surface area contributed by atoms with Crippen LogP contribution in [0.5, 0.6) is 0 Å². The zero-order valence-electron chi connectivity index (χ0n) is 12.0. The van der Waals surface area contributed by atoms with Gasteiger partial charge < -0.3 is 5.73 Å². The van der Waals surface area contributed by atoms with Crippen LogP contribution in [0.25, 0.3) is 0 Å². The smallest absolute Gasteiger partial charge is 0.242 e. The molecule has 0 aromatic heterocycles. The van der Waals surface area contributed by atoms with Crippen LogP contribution in [0.2, 0.25) is 10.0 Å². The van der Waals surface area contributed by atoms with Crippen molar-refractivity contribution in [2.24, 2.45) is 5.41 Å². The second-order valence-electron chi connectivity index (χ2n) is 5.97. The molecule has 118 valence electrons. The number of sulfonamides is 1. The van der Waals surface area contributed by atoms with Crippen LogP contribution < -0.4 is 10.5 Å². The van der Waals surface area contributed by atoms with Crippen molar-refractivity contribution in [3.63, 3.8) is 0 Å². The highest BCUT2D eigenvalue weighted by Crippen LogP contribution is 2.36. The molecule has 1 saturated carbocycles. The zero-order valence-corrected chi connectivity index (χ0v) is 14.3. The first-order valence-electron chi connectivity index (χ1n) is 6.98. The van der Waals surface area contributed by atoms with Gasteiger partial charge in [-0.3, -0.25) is 0 Å².